The molecule has 0 atom stereocenters. The van der Waals surface area contributed by atoms with E-state index >= 15 is 0 Å². The molecule has 0 aliphatic rings. The first-order chi connectivity index (χ1) is 7.16. The summed E-state index contributed by atoms with van der Waals surface area (Å²) >= 11 is 0. The molecule has 0 spiro atoms. The van der Waals surface area contributed by atoms with Crippen molar-refractivity contribution in [2.75, 3.05) is 0 Å². The summed E-state index contributed by atoms with van der Waals surface area (Å²) in [6.45, 7) is 3.12. The molecular weight excluding hydrogens is 196 g/mol. The molecule has 0 saturated heterocycles. The van der Waals surface area contributed by atoms with E-state index in [4.69, 9.17) is 4.52 Å². The number of carbonyl (C=O) groups is 1. The Kier molecular flexibility index (Phi) is 2.24. The van der Waals surface area contributed by atoms with Crippen LogP contribution in [-0.2, 0) is 0 Å². The zero-order chi connectivity index (χ0) is 10.8. The van der Waals surface area contributed by atoms with Crippen LogP contribution in [0.4, 0.5) is 0 Å². The quantitative estimate of drug-likeness (QED) is 0.679. The fourth-order valence-corrected chi connectivity index (χ4v) is 1.05. The third-order valence-electron chi connectivity index (χ3n) is 1.73. The highest BCUT2D eigenvalue weighted by Gasteiger charge is 2.12. The maximum absolute atomic E-state index is 10.9. The number of aromatic nitrogens is 4. The molecule has 2 aromatic rings. The van der Waals surface area contributed by atoms with Gasteiger partial charge in [0.1, 0.15) is 11.5 Å². The Morgan fingerprint density at radius 1 is 1.40 bits per heavy atom. The van der Waals surface area contributed by atoms with Crippen LogP contribution in [0.25, 0.3) is 11.5 Å². The average Bonchev–Trinajstić information content (AvgIpc) is 2.66. The first-order valence-corrected chi connectivity index (χ1v) is 4.31. The highest BCUT2D eigenvalue weighted by atomic mass is 16.5. The van der Waals surface area contributed by atoms with Gasteiger partial charge in [-0.1, -0.05) is 5.16 Å². The minimum absolute atomic E-state index is 0.0127. The zero-order valence-corrected chi connectivity index (χ0v) is 8.26. The molecule has 2 heterocycles. The molecule has 0 amide bonds. The smallest absolute Gasteiger partial charge is 0.294 e. The van der Waals surface area contributed by atoms with E-state index < -0.39 is 0 Å². The van der Waals surface area contributed by atoms with Crippen molar-refractivity contribution < 1.29 is 9.32 Å². The van der Waals surface area contributed by atoms with Crippen molar-refractivity contribution in [1.29, 1.82) is 0 Å². The number of hydrogen-bond donors (Lipinski definition) is 0. The average molecular weight is 204 g/mol. The first-order valence-electron chi connectivity index (χ1n) is 4.31. The van der Waals surface area contributed by atoms with E-state index in [0.29, 0.717) is 17.3 Å². The van der Waals surface area contributed by atoms with Crippen LogP contribution in [0.3, 0.4) is 0 Å². The van der Waals surface area contributed by atoms with Crippen molar-refractivity contribution in [2.45, 2.75) is 13.8 Å². The van der Waals surface area contributed by atoms with Gasteiger partial charge in [-0.25, -0.2) is 9.97 Å². The lowest BCUT2D eigenvalue weighted by molar-refractivity contribution is 0.0972. The number of ketones is 1. The molecule has 0 fully saturated rings. The summed E-state index contributed by atoms with van der Waals surface area (Å²) in [6, 6.07) is 1.65. The molecule has 0 aliphatic carbocycles. The van der Waals surface area contributed by atoms with E-state index in [1.807, 2.05) is 0 Å². The minimum Gasteiger partial charge on any atom is -0.330 e. The van der Waals surface area contributed by atoms with Crippen LogP contribution in [0.15, 0.2) is 16.8 Å². The predicted octanol–water partition coefficient (Wildman–Crippen LogP) is 1.04. The van der Waals surface area contributed by atoms with E-state index in [-0.39, 0.29) is 11.7 Å². The molecule has 0 bridgehead atoms. The lowest BCUT2D eigenvalue weighted by atomic mass is 10.4. The highest BCUT2D eigenvalue weighted by Crippen LogP contribution is 2.12. The van der Waals surface area contributed by atoms with Crippen LogP contribution in [0.1, 0.15) is 23.4 Å². The number of carbonyl (C=O) groups excluding carboxylic acids is 1. The van der Waals surface area contributed by atoms with Crippen LogP contribution in [0.2, 0.25) is 0 Å². The van der Waals surface area contributed by atoms with Gasteiger partial charge >= 0.3 is 0 Å². The summed E-state index contributed by atoms with van der Waals surface area (Å²) < 4.78 is 4.75. The van der Waals surface area contributed by atoms with Gasteiger partial charge in [-0.3, -0.25) is 4.79 Å². The summed E-state index contributed by atoms with van der Waals surface area (Å²) in [7, 11) is 0. The molecule has 76 valence electrons. The van der Waals surface area contributed by atoms with Gasteiger partial charge < -0.3 is 4.52 Å². The lowest BCUT2D eigenvalue weighted by Crippen LogP contribution is -1.93. The molecule has 0 saturated carbocycles. The Bertz CT molecular complexity index is 506. The zero-order valence-electron chi connectivity index (χ0n) is 8.26. The number of aryl methyl sites for hydroxylation is 1. The largest absolute Gasteiger partial charge is 0.330 e. The molecule has 0 N–H and O–H groups in total. The van der Waals surface area contributed by atoms with Crippen LogP contribution in [-0.4, -0.2) is 25.9 Å². The van der Waals surface area contributed by atoms with Gasteiger partial charge in [0, 0.05) is 13.1 Å². The molecule has 0 aliphatic heterocycles. The summed E-state index contributed by atoms with van der Waals surface area (Å²) in [5.41, 5.74) is 0.541. The van der Waals surface area contributed by atoms with E-state index in [1.165, 1.54) is 6.92 Å². The van der Waals surface area contributed by atoms with Crippen LogP contribution < -0.4 is 0 Å². The summed E-state index contributed by atoms with van der Waals surface area (Å²) in [4.78, 5) is 22.9. The number of Topliss-reactive ketones (excluding diaryl/α,β-unsaturated/α-hetero) is 1. The second-order valence-electron chi connectivity index (χ2n) is 2.97. The topological polar surface area (TPSA) is 81.8 Å². The molecule has 6 heteroatoms. The summed E-state index contributed by atoms with van der Waals surface area (Å²) in [5.74, 6) is 0.633. The van der Waals surface area contributed by atoms with Crippen LogP contribution in [0, 0.1) is 6.92 Å². The lowest BCUT2D eigenvalue weighted by Gasteiger charge is -1.93. The van der Waals surface area contributed by atoms with Gasteiger partial charge in [0.25, 0.3) is 5.89 Å². The number of rotatable bonds is 2. The predicted molar refractivity (Wildman–Crippen MR) is 50.1 cm³/mol. The third kappa shape index (κ3) is 1.88. The van der Waals surface area contributed by atoms with Gasteiger partial charge in [0.2, 0.25) is 11.6 Å². The van der Waals surface area contributed by atoms with E-state index in [1.54, 1.807) is 19.2 Å². The van der Waals surface area contributed by atoms with Gasteiger partial charge in [0.15, 0.2) is 0 Å². The molecule has 0 radical (unpaired) electrons. The van der Waals surface area contributed by atoms with Crippen molar-refractivity contribution in [3.05, 3.63) is 24.0 Å². The Morgan fingerprint density at radius 3 is 2.80 bits per heavy atom. The Labute approximate surface area is 85.4 Å². The van der Waals surface area contributed by atoms with E-state index in [2.05, 4.69) is 20.1 Å². The van der Waals surface area contributed by atoms with Crippen molar-refractivity contribution in [1.82, 2.24) is 20.1 Å². The monoisotopic (exact) mass is 204 g/mol. The highest BCUT2D eigenvalue weighted by molar-refractivity contribution is 5.89. The van der Waals surface area contributed by atoms with Gasteiger partial charge in [-0.2, -0.15) is 4.98 Å². The maximum atomic E-state index is 10.9. The van der Waals surface area contributed by atoms with E-state index in [0.717, 1.165) is 0 Å². The minimum atomic E-state index is -0.264. The Hall–Kier alpha value is -2.11. The van der Waals surface area contributed by atoms with Crippen molar-refractivity contribution in [3.8, 4) is 11.5 Å². The molecule has 0 aromatic carbocycles. The standard InChI is InChI=1S/C9H8N4O2/c1-5(14)9-12-8(13-15-9)7-3-4-10-6(2)11-7/h3-4H,1-2H3. The van der Waals surface area contributed by atoms with E-state index in [9.17, 15) is 4.79 Å². The van der Waals surface area contributed by atoms with Gasteiger partial charge in [-0.15, -0.1) is 0 Å². The van der Waals surface area contributed by atoms with Crippen molar-refractivity contribution >= 4 is 5.78 Å². The molecule has 6 nitrogen and oxygen atoms in total. The van der Waals surface area contributed by atoms with Gasteiger partial charge in [0.05, 0.1) is 0 Å². The summed E-state index contributed by atoms with van der Waals surface area (Å²) in [5, 5.41) is 3.65. The van der Waals surface area contributed by atoms with Crippen LogP contribution >= 0.6 is 0 Å². The molecular formula is C9H8N4O2. The second kappa shape index (κ2) is 3.56. The Balaban J connectivity index is 2.41. The fraction of sp³-hybridized carbons (Fsp3) is 0.222. The summed E-state index contributed by atoms with van der Waals surface area (Å²) in [6.07, 6.45) is 1.60. The van der Waals surface area contributed by atoms with Gasteiger partial charge in [-0.05, 0) is 13.0 Å². The number of hydrogen-bond acceptors (Lipinski definition) is 6. The first kappa shape index (κ1) is 9.45. The SMILES string of the molecule is CC(=O)c1nc(-c2ccnc(C)n2)no1. The molecule has 2 rings (SSSR count). The van der Waals surface area contributed by atoms with Crippen LogP contribution in [0.5, 0.6) is 0 Å². The number of nitrogens with zero attached hydrogens (tertiary/aromatic N) is 4. The van der Waals surface area contributed by atoms with Crippen molar-refractivity contribution in [3.63, 3.8) is 0 Å². The second-order valence-corrected chi connectivity index (χ2v) is 2.97. The Morgan fingerprint density at radius 2 is 2.20 bits per heavy atom. The maximum Gasteiger partial charge on any atom is 0.294 e. The van der Waals surface area contributed by atoms with Crippen molar-refractivity contribution in [2.24, 2.45) is 0 Å². The molecule has 0 unspecified atom stereocenters. The fourth-order valence-electron chi connectivity index (χ4n) is 1.05. The molecule has 2 aromatic heterocycles. The normalized spacial score (nSPS) is 10.3. The third-order valence-corrected chi connectivity index (χ3v) is 1.73. The molecule has 15 heavy (non-hydrogen) atoms.